The Bertz CT molecular complexity index is 1480. The van der Waals surface area contributed by atoms with Gasteiger partial charge in [-0.05, 0) is 79.3 Å². The summed E-state index contributed by atoms with van der Waals surface area (Å²) in [5, 5.41) is 9.96. The maximum absolute atomic E-state index is 11.6. The molecule has 0 atom stereocenters. The smallest absolute Gasteiger partial charge is 0.493 e. The third kappa shape index (κ3) is 7.51. The van der Waals surface area contributed by atoms with E-state index in [9.17, 15) is 14.7 Å². The summed E-state index contributed by atoms with van der Waals surface area (Å²) in [6.07, 6.45) is 0.545. The van der Waals surface area contributed by atoms with Gasteiger partial charge >= 0.3 is 35.3 Å². The molecule has 38 heavy (non-hydrogen) atoms. The quantitative estimate of drug-likeness (QED) is 0.310. The predicted molar refractivity (Wildman–Crippen MR) is 140 cm³/mol. The van der Waals surface area contributed by atoms with Crippen molar-refractivity contribution in [3.63, 3.8) is 0 Å². The van der Waals surface area contributed by atoms with Gasteiger partial charge in [-0.1, -0.05) is 42.5 Å². The summed E-state index contributed by atoms with van der Waals surface area (Å²) in [5.74, 6) is 0.589. The zero-order valence-electron chi connectivity index (χ0n) is 22.5. The fourth-order valence-corrected chi connectivity index (χ4v) is 4.01. The Balaban J connectivity index is 0.00000400. The molecule has 8 nitrogen and oxygen atoms in total. The monoisotopic (exact) mass is 526 g/mol. The summed E-state index contributed by atoms with van der Waals surface area (Å²) in [7, 11) is 0. The first-order valence-electron chi connectivity index (χ1n) is 12.1. The molecule has 1 N–H and O–H groups in total. The van der Waals surface area contributed by atoms with Gasteiger partial charge in [0, 0.05) is 13.0 Å². The zero-order chi connectivity index (χ0) is 26.6. The van der Waals surface area contributed by atoms with E-state index in [1.165, 1.54) is 0 Å². The first-order chi connectivity index (χ1) is 17.6. The minimum absolute atomic E-state index is 0. The first kappa shape index (κ1) is 29.5. The van der Waals surface area contributed by atoms with E-state index in [4.69, 9.17) is 14.0 Å². The minimum Gasteiger partial charge on any atom is -0.493 e. The molecule has 0 saturated carbocycles. The van der Waals surface area contributed by atoms with Crippen molar-refractivity contribution in [3.8, 4) is 22.6 Å². The molecule has 0 saturated heterocycles. The van der Waals surface area contributed by atoms with Crippen molar-refractivity contribution in [2.24, 2.45) is 0 Å². The third-order valence-corrected chi connectivity index (χ3v) is 6.22. The number of aliphatic hydroxyl groups is 1. The third-order valence-electron chi connectivity index (χ3n) is 6.22. The van der Waals surface area contributed by atoms with Crippen LogP contribution in [0.3, 0.4) is 0 Å². The number of hydrogen-bond donors (Lipinski definition) is 1. The van der Waals surface area contributed by atoms with Crippen LogP contribution in [-0.4, -0.2) is 22.1 Å². The second-order valence-corrected chi connectivity index (χ2v) is 9.65. The summed E-state index contributed by atoms with van der Waals surface area (Å²) < 4.78 is 17.7. The second-order valence-electron chi connectivity index (χ2n) is 9.65. The van der Waals surface area contributed by atoms with E-state index in [1.807, 2.05) is 55.5 Å². The van der Waals surface area contributed by atoms with Gasteiger partial charge in [0.15, 0.2) is 5.69 Å². The molecule has 1 aromatic heterocycles. The molecule has 0 unspecified atom stereocenters. The van der Waals surface area contributed by atoms with Crippen LogP contribution in [0.15, 0.2) is 74.8 Å². The number of ether oxygens (including phenoxy) is 2. The van der Waals surface area contributed by atoms with Crippen molar-refractivity contribution in [2.75, 3.05) is 6.61 Å². The fourth-order valence-electron chi connectivity index (χ4n) is 4.01. The fraction of sp³-hybridized carbons (Fsp3) is 0.310. The van der Waals surface area contributed by atoms with Gasteiger partial charge < -0.3 is 24.1 Å². The van der Waals surface area contributed by atoms with Crippen LogP contribution in [-0.2, 0) is 13.2 Å². The Hall–Kier alpha value is -3.04. The second kappa shape index (κ2) is 12.7. The Kier molecular flexibility index (Phi) is 9.84. The van der Waals surface area contributed by atoms with Crippen molar-refractivity contribution in [2.45, 2.75) is 52.9 Å². The molecule has 0 radical (unpaired) electrons. The maximum Gasteiger partial charge on any atom is 1.00 e. The Morgan fingerprint density at radius 3 is 2.21 bits per heavy atom. The number of nitrogens with zero attached hydrogens (tertiary/aromatic N) is 2. The normalized spacial score (nSPS) is 11.2. The van der Waals surface area contributed by atoms with E-state index in [0.29, 0.717) is 25.4 Å². The maximum atomic E-state index is 11.6. The van der Waals surface area contributed by atoms with Crippen LogP contribution in [0.1, 0.15) is 42.5 Å². The van der Waals surface area contributed by atoms with Crippen LogP contribution in [0.4, 0.5) is 0 Å². The average molecular weight is 527 g/mol. The van der Waals surface area contributed by atoms with Crippen molar-refractivity contribution >= 4 is 0 Å². The van der Waals surface area contributed by atoms with Crippen LogP contribution in [0.25, 0.3) is 11.1 Å². The largest absolute Gasteiger partial charge is 1.00 e. The molecular formula is C29H31N2NaO6. The minimum atomic E-state index is -0.900. The number of aromatic nitrogens is 2. The van der Waals surface area contributed by atoms with Crippen molar-refractivity contribution in [1.29, 1.82) is 0 Å². The van der Waals surface area contributed by atoms with Crippen LogP contribution in [0.5, 0.6) is 11.5 Å². The summed E-state index contributed by atoms with van der Waals surface area (Å²) in [4.78, 5) is 25.9. The molecule has 0 aliphatic heterocycles. The Morgan fingerprint density at radius 1 is 0.921 bits per heavy atom. The van der Waals surface area contributed by atoms with Crippen LogP contribution in [0, 0.1) is 13.8 Å². The molecule has 0 spiro atoms. The number of benzene rings is 3. The summed E-state index contributed by atoms with van der Waals surface area (Å²) in [6, 6.07) is 19.4. The van der Waals surface area contributed by atoms with E-state index in [-0.39, 0.29) is 36.1 Å². The average Bonchev–Trinajstić information content (AvgIpc) is 3.16. The van der Waals surface area contributed by atoms with Gasteiger partial charge in [0.2, 0.25) is 0 Å². The van der Waals surface area contributed by atoms with Gasteiger partial charge in [-0.3, -0.25) is 9.53 Å². The predicted octanol–water partition coefficient (Wildman–Crippen LogP) is 1.21. The van der Waals surface area contributed by atoms with E-state index in [0.717, 1.165) is 43.9 Å². The number of rotatable bonds is 10. The molecule has 0 aliphatic rings. The van der Waals surface area contributed by atoms with E-state index in [2.05, 4.69) is 24.0 Å². The van der Waals surface area contributed by atoms with Crippen LogP contribution in [0.2, 0.25) is 0 Å². The Labute approximate surface area is 243 Å². The van der Waals surface area contributed by atoms with E-state index in [1.54, 1.807) is 13.8 Å². The molecule has 0 fully saturated rings. The molecule has 194 valence electrons. The van der Waals surface area contributed by atoms with E-state index >= 15 is 0 Å². The van der Waals surface area contributed by atoms with Crippen LogP contribution >= 0.6 is 0 Å². The first-order valence-corrected chi connectivity index (χ1v) is 12.1. The van der Waals surface area contributed by atoms with Gasteiger partial charge in [0.1, 0.15) is 18.1 Å². The molecule has 4 rings (SSSR count). The molecule has 4 aromatic rings. The number of hydrogen-bond acceptors (Lipinski definition) is 6. The van der Waals surface area contributed by atoms with Gasteiger partial charge in [-0.25, -0.2) is 4.79 Å². The summed E-state index contributed by atoms with van der Waals surface area (Å²) in [5.41, 5.74) is 4.73. The SMILES string of the molecule is Cc1c(COc2ccc(Cn3oc(=O)[n-]c3=O)cc2)cccc1-c1cccc(OCCC(C)(C)O)c1C.[Na+]. The standard InChI is InChI=1S/C29H32N2O6.Na/c1-19-22(18-36-23-13-11-21(12-14-23)17-31-27(32)30-28(33)37-31)7-5-8-24(19)25-9-6-10-26(20(25)2)35-16-15-29(3,4)34;/h5-14,34H,15-18H2,1-4H3,(H,30,32,33);/q;+1/p-1. The summed E-state index contributed by atoms with van der Waals surface area (Å²) in [6.45, 7) is 8.62. The van der Waals surface area contributed by atoms with Crippen molar-refractivity contribution < 1.29 is 48.7 Å². The van der Waals surface area contributed by atoms with Crippen LogP contribution < -0.4 is 55.5 Å². The molecule has 0 bridgehead atoms. The van der Waals surface area contributed by atoms with Gasteiger partial charge in [0.05, 0.1) is 12.2 Å². The van der Waals surface area contributed by atoms with Gasteiger partial charge in [-0.2, -0.15) is 0 Å². The molecule has 0 aliphatic carbocycles. The Morgan fingerprint density at radius 2 is 1.58 bits per heavy atom. The topological polar surface area (TPSA) is 105 Å². The van der Waals surface area contributed by atoms with Crippen molar-refractivity contribution in [3.05, 3.63) is 104 Å². The summed E-state index contributed by atoms with van der Waals surface area (Å²) >= 11 is 0. The zero-order valence-corrected chi connectivity index (χ0v) is 24.5. The van der Waals surface area contributed by atoms with Gasteiger partial charge in [0.25, 0.3) is 0 Å². The van der Waals surface area contributed by atoms with E-state index < -0.39 is 17.0 Å². The van der Waals surface area contributed by atoms with Gasteiger partial charge in [-0.15, -0.1) is 0 Å². The molecule has 1 heterocycles. The molecule has 0 amide bonds. The molecular weight excluding hydrogens is 495 g/mol. The molecule has 3 aromatic carbocycles. The molecule has 9 heteroatoms. The van der Waals surface area contributed by atoms with Crippen molar-refractivity contribution in [1.82, 2.24) is 9.72 Å².